The van der Waals surface area contributed by atoms with Crippen LogP contribution in [-0.4, -0.2) is 42.0 Å². The van der Waals surface area contributed by atoms with Gasteiger partial charge in [-0.1, -0.05) is 18.2 Å². The number of nitrogen functional groups attached to an aromatic ring is 1. The molecule has 0 bridgehead atoms. The number of hydrogen-bond donors (Lipinski definition) is 2. The third-order valence-corrected chi connectivity index (χ3v) is 3.75. The molecule has 0 atom stereocenters. The maximum atomic E-state index is 7.72. The van der Waals surface area contributed by atoms with E-state index < -0.39 is 0 Å². The predicted molar refractivity (Wildman–Crippen MR) is 86.0 cm³/mol. The van der Waals surface area contributed by atoms with E-state index in [1.165, 1.54) is 0 Å². The van der Waals surface area contributed by atoms with E-state index in [9.17, 15) is 0 Å². The minimum atomic E-state index is -0.138. The average molecular weight is 286 g/mol. The van der Waals surface area contributed by atoms with Gasteiger partial charge in [-0.15, -0.1) is 0 Å². The van der Waals surface area contributed by atoms with Crippen LogP contribution in [0.25, 0.3) is 10.9 Å². The van der Waals surface area contributed by atoms with Gasteiger partial charge in [0.15, 0.2) is 0 Å². The average Bonchev–Trinajstić information content (AvgIpc) is 2.43. The second kappa shape index (κ2) is 5.69. The Morgan fingerprint density at radius 1 is 1.33 bits per heavy atom. The largest absolute Gasteiger partial charge is 0.475 e. The van der Waals surface area contributed by atoms with Crippen LogP contribution in [0.2, 0.25) is 0 Å². The number of benzene rings is 1. The highest BCUT2D eigenvalue weighted by atomic mass is 16.5. The van der Waals surface area contributed by atoms with E-state index in [4.69, 9.17) is 15.9 Å². The number of ether oxygens (including phenoxy) is 1. The van der Waals surface area contributed by atoms with Crippen LogP contribution in [0, 0.1) is 5.41 Å². The molecule has 3 N–H and O–H groups in total. The van der Waals surface area contributed by atoms with E-state index in [1.807, 2.05) is 44.4 Å². The van der Waals surface area contributed by atoms with Crippen molar-refractivity contribution in [2.24, 2.45) is 5.73 Å². The lowest BCUT2D eigenvalue weighted by molar-refractivity contribution is 0.111. The summed E-state index contributed by atoms with van der Waals surface area (Å²) in [5.74, 6) is 0.377. The van der Waals surface area contributed by atoms with Crippen molar-refractivity contribution in [1.29, 1.82) is 5.41 Å². The van der Waals surface area contributed by atoms with Gasteiger partial charge in [0.1, 0.15) is 12.4 Å². The molecule has 0 unspecified atom stereocenters. The monoisotopic (exact) mass is 286 g/mol. The van der Waals surface area contributed by atoms with Gasteiger partial charge in [-0.25, -0.2) is 4.98 Å². The zero-order valence-corrected chi connectivity index (χ0v) is 13.0. The highest BCUT2D eigenvalue weighted by molar-refractivity contribution is 6.00. The number of likely N-dealkylation sites (N-methyl/N-ethyl adjacent to an activating group) is 1. The number of nitrogens with zero attached hydrogens (tertiary/aromatic N) is 2. The second-order valence-corrected chi connectivity index (χ2v) is 5.94. The summed E-state index contributed by atoms with van der Waals surface area (Å²) in [6.07, 6.45) is 0. The van der Waals surface area contributed by atoms with E-state index in [2.05, 4.69) is 23.7 Å². The molecule has 0 aliphatic carbocycles. The van der Waals surface area contributed by atoms with Crippen LogP contribution in [0.3, 0.4) is 0 Å². The smallest absolute Gasteiger partial charge is 0.225 e. The SMILES string of the molecule is CN(C)C(C)(C)COc1nc2ccccc2cc1C(=N)N. The summed E-state index contributed by atoms with van der Waals surface area (Å²) in [6, 6.07) is 9.58. The Morgan fingerprint density at radius 3 is 2.62 bits per heavy atom. The Balaban J connectivity index is 2.37. The Kier molecular flexibility index (Phi) is 4.14. The van der Waals surface area contributed by atoms with Gasteiger partial charge in [0.25, 0.3) is 0 Å². The lowest BCUT2D eigenvalue weighted by Gasteiger charge is -2.32. The summed E-state index contributed by atoms with van der Waals surface area (Å²) in [5, 5.41) is 8.66. The Morgan fingerprint density at radius 2 is 2.00 bits per heavy atom. The number of pyridine rings is 1. The van der Waals surface area contributed by atoms with Gasteiger partial charge in [-0.05, 0) is 40.1 Å². The molecule has 2 rings (SSSR count). The molecular weight excluding hydrogens is 264 g/mol. The van der Waals surface area contributed by atoms with Crippen molar-refractivity contribution in [3.63, 3.8) is 0 Å². The third-order valence-electron chi connectivity index (χ3n) is 3.75. The van der Waals surface area contributed by atoms with Crippen LogP contribution in [0.5, 0.6) is 5.88 Å². The summed E-state index contributed by atoms with van der Waals surface area (Å²) in [4.78, 5) is 6.58. The van der Waals surface area contributed by atoms with Crippen LogP contribution in [0.15, 0.2) is 30.3 Å². The summed E-state index contributed by atoms with van der Waals surface area (Å²) in [6.45, 7) is 4.63. The standard InChI is InChI=1S/C16H22N4O/c1-16(2,20(3)4)10-21-15-12(14(17)18)9-11-7-5-6-8-13(11)19-15/h5-9H,10H2,1-4H3,(H3,17,18). The molecule has 0 fully saturated rings. The van der Waals surface area contributed by atoms with Crippen LogP contribution >= 0.6 is 0 Å². The van der Waals surface area contributed by atoms with E-state index in [0.29, 0.717) is 18.1 Å². The van der Waals surface area contributed by atoms with Gasteiger partial charge in [0.2, 0.25) is 5.88 Å². The highest BCUT2D eigenvalue weighted by Crippen LogP contribution is 2.23. The summed E-state index contributed by atoms with van der Waals surface area (Å²) < 4.78 is 5.86. The Bertz CT molecular complexity index is 664. The van der Waals surface area contributed by atoms with Crippen LogP contribution in [0.1, 0.15) is 19.4 Å². The Labute approximate surface area is 125 Å². The van der Waals surface area contributed by atoms with E-state index in [1.54, 1.807) is 0 Å². The molecule has 2 aromatic rings. The maximum Gasteiger partial charge on any atom is 0.225 e. The number of fused-ring (bicyclic) bond motifs is 1. The third kappa shape index (κ3) is 3.31. The first-order chi connectivity index (χ1) is 9.81. The number of rotatable bonds is 5. The van der Waals surface area contributed by atoms with Crippen LogP contribution in [-0.2, 0) is 0 Å². The molecule has 1 aromatic carbocycles. The Hall–Kier alpha value is -2.14. The van der Waals surface area contributed by atoms with Gasteiger partial charge >= 0.3 is 0 Å². The molecule has 112 valence electrons. The first-order valence-corrected chi connectivity index (χ1v) is 6.85. The van der Waals surface area contributed by atoms with Crippen LogP contribution < -0.4 is 10.5 Å². The van der Waals surface area contributed by atoms with E-state index in [-0.39, 0.29) is 11.4 Å². The first-order valence-electron chi connectivity index (χ1n) is 6.85. The molecule has 0 saturated heterocycles. The molecule has 0 aliphatic heterocycles. The first kappa shape index (κ1) is 15.3. The fourth-order valence-electron chi connectivity index (χ4n) is 1.78. The number of amidine groups is 1. The topological polar surface area (TPSA) is 75.2 Å². The number of hydrogen-bond acceptors (Lipinski definition) is 4. The molecule has 21 heavy (non-hydrogen) atoms. The number of nitrogens with one attached hydrogen (secondary N) is 1. The van der Waals surface area contributed by atoms with Gasteiger partial charge in [-0.3, -0.25) is 5.41 Å². The number of nitrogens with two attached hydrogens (primary N) is 1. The van der Waals surface area contributed by atoms with Crippen molar-refractivity contribution in [2.45, 2.75) is 19.4 Å². The summed E-state index contributed by atoms with van der Waals surface area (Å²) in [5.41, 5.74) is 6.88. The van der Waals surface area contributed by atoms with Crippen molar-refractivity contribution < 1.29 is 4.74 Å². The van der Waals surface area contributed by atoms with E-state index >= 15 is 0 Å². The normalized spacial score (nSPS) is 11.9. The quantitative estimate of drug-likeness (QED) is 0.653. The fraction of sp³-hybridized carbons (Fsp3) is 0.375. The minimum absolute atomic E-state index is 0.0362. The number of para-hydroxylation sites is 1. The van der Waals surface area contributed by atoms with Gasteiger partial charge < -0.3 is 15.4 Å². The molecule has 1 aromatic heterocycles. The molecule has 1 heterocycles. The molecule has 0 aliphatic rings. The zero-order valence-electron chi connectivity index (χ0n) is 13.0. The molecule has 0 saturated carbocycles. The fourth-order valence-corrected chi connectivity index (χ4v) is 1.78. The second-order valence-electron chi connectivity index (χ2n) is 5.94. The zero-order chi connectivity index (χ0) is 15.6. The molecule has 5 heteroatoms. The van der Waals surface area contributed by atoms with Crippen molar-refractivity contribution in [3.05, 3.63) is 35.9 Å². The minimum Gasteiger partial charge on any atom is -0.475 e. The molecule has 0 amide bonds. The maximum absolute atomic E-state index is 7.72. The van der Waals surface area contributed by atoms with E-state index in [0.717, 1.165) is 10.9 Å². The molecule has 0 radical (unpaired) electrons. The summed E-state index contributed by atoms with van der Waals surface area (Å²) >= 11 is 0. The number of aromatic nitrogens is 1. The van der Waals surface area contributed by atoms with Gasteiger partial charge in [0, 0.05) is 10.9 Å². The summed E-state index contributed by atoms with van der Waals surface area (Å²) in [7, 11) is 4.01. The molecule has 0 spiro atoms. The van der Waals surface area contributed by atoms with Gasteiger partial charge in [0.05, 0.1) is 11.1 Å². The lowest BCUT2D eigenvalue weighted by Crippen LogP contribution is -2.43. The van der Waals surface area contributed by atoms with Crippen molar-refractivity contribution in [2.75, 3.05) is 20.7 Å². The lowest BCUT2D eigenvalue weighted by atomic mass is 10.1. The van der Waals surface area contributed by atoms with Crippen molar-refractivity contribution in [1.82, 2.24) is 9.88 Å². The van der Waals surface area contributed by atoms with Gasteiger partial charge in [-0.2, -0.15) is 0 Å². The molecule has 5 nitrogen and oxygen atoms in total. The molecular formula is C16H22N4O. The van der Waals surface area contributed by atoms with Crippen LogP contribution in [0.4, 0.5) is 0 Å². The highest BCUT2D eigenvalue weighted by Gasteiger charge is 2.22. The predicted octanol–water partition coefficient (Wildman–Crippen LogP) is 2.24. The van der Waals surface area contributed by atoms with Crippen molar-refractivity contribution in [3.8, 4) is 5.88 Å². The van der Waals surface area contributed by atoms with Crippen molar-refractivity contribution >= 4 is 16.7 Å².